The van der Waals surface area contributed by atoms with E-state index in [2.05, 4.69) is 29.5 Å². The number of nitrogens with one attached hydrogen (secondary N) is 2. The number of phenolic OH excluding ortho intramolecular Hbond substituents is 1. The van der Waals surface area contributed by atoms with Crippen LogP contribution < -0.4 is 10.6 Å². The zero-order valence-electron chi connectivity index (χ0n) is 10.4. The van der Waals surface area contributed by atoms with E-state index in [-0.39, 0.29) is 0 Å². The zero-order valence-corrected chi connectivity index (χ0v) is 10.4. The second kappa shape index (κ2) is 5.08. The lowest BCUT2D eigenvalue weighted by Gasteiger charge is -2.16. The number of phenols is 1. The van der Waals surface area contributed by atoms with Crippen LogP contribution in [0.4, 0.5) is 5.69 Å². The van der Waals surface area contributed by atoms with E-state index < -0.39 is 0 Å². The maximum atomic E-state index is 9.67. The van der Waals surface area contributed by atoms with Crippen LogP contribution in [0, 0.1) is 0 Å². The first-order valence-electron chi connectivity index (χ1n) is 6.14. The Balaban J connectivity index is 2.35. The normalized spacial score (nSPS) is 14.4. The summed E-state index contributed by atoms with van der Waals surface area (Å²) in [7, 11) is 0. The fraction of sp³-hybridized carbons (Fsp3) is 0.462. The third kappa shape index (κ3) is 2.52. The third-order valence-electron chi connectivity index (χ3n) is 2.97. The van der Waals surface area contributed by atoms with Gasteiger partial charge in [0.2, 0.25) is 0 Å². The van der Waals surface area contributed by atoms with Gasteiger partial charge in [-0.2, -0.15) is 0 Å². The van der Waals surface area contributed by atoms with Gasteiger partial charge in [0, 0.05) is 12.2 Å². The van der Waals surface area contributed by atoms with Crippen LogP contribution in [0.2, 0.25) is 0 Å². The van der Waals surface area contributed by atoms with Crippen LogP contribution in [0.3, 0.4) is 0 Å². The lowest BCUT2D eigenvalue weighted by Crippen LogP contribution is -2.27. The fourth-order valence-corrected chi connectivity index (χ4v) is 2.07. The number of benzene rings is 1. The lowest BCUT2D eigenvalue weighted by atomic mass is 10.0. The summed E-state index contributed by atoms with van der Waals surface area (Å²) < 4.78 is 0. The van der Waals surface area contributed by atoms with Crippen molar-refractivity contribution < 1.29 is 5.11 Å². The maximum absolute atomic E-state index is 9.67. The summed E-state index contributed by atoms with van der Waals surface area (Å²) >= 11 is 0. The van der Waals surface area contributed by atoms with Crippen LogP contribution >= 0.6 is 0 Å². The van der Waals surface area contributed by atoms with Gasteiger partial charge in [-0.15, -0.1) is 0 Å². The van der Waals surface area contributed by atoms with Gasteiger partial charge in [-0.05, 0) is 36.1 Å². The van der Waals surface area contributed by atoms with Gasteiger partial charge >= 0.3 is 0 Å². The average molecular weight is 233 g/mol. The minimum absolute atomic E-state index is 0.338. The first-order chi connectivity index (χ1) is 8.24. The van der Waals surface area contributed by atoms with Crippen molar-refractivity contribution in [1.29, 1.82) is 0 Å². The molecule has 0 saturated carbocycles. The number of nitrogens with zero attached hydrogens (tertiary/aromatic N) is 1. The summed E-state index contributed by atoms with van der Waals surface area (Å²) in [5.74, 6) is 1.17. The van der Waals surface area contributed by atoms with Crippen LogP contribution in [-0.2, 0) is 12.8 Å². The molecule has 4 nitrogen and oxygen atoms in total. The topological polar surface area (TPSA) is 56.6 Å². The predicted octanol–water partition coefficient (Wildman–Crippen LogP) is 1.89. The average Bonchev–Trinajstić information content (AvgIpc) is 2.83. The Labute approximate surface area is 102 Å². The van der Waals surface area contributed by atoms with E-state index in [1.807, 2.05) is 12.1 Å². The van der Waals surface area contributed by atoms with E-state index in [4.69, 9.17) is 0 Å². The number of aryl methyl sites for hydroxylation is 2. The molecule has 1 aliphatic heterocycles. The molecule has 4 heteroatoms. The molecular formula is C13H19N3O. The molecule has 0 amide bonds. The smallest absolute Gasteiger partial charge is 0.195 e. The molecule has 0 fully saturated rings. The van der Waals surface area contributed by atoms with Crippen molar-refractivity contribution >= 4 is 11.6 Å². The summed E-state index contributed by atoms with van der Waals surface area (Å²) in [6.45, 7) is 5.89. The largest absolute Gasteiger partial charge is 0.508 e. The number of aromatic hydroxyl groups is 1. The Hall–Kier alpha value is -1.71. The van der Waals surface area contributed by atoms with Crippen molar-refractivity contribution in [3.8, 4) is 5.75 Å². The van der Waals surface area contributed by atoms with Crippen LogP contribution in [0.15, 0.2) is 17.1 Å². The van der Waals surface area contributed by atoms with Gasteiger partial charge in [-0.1, -0.05) is 13.8 Å². The maximum Gasteiger partial charge on any atom is 0.195 e. The van der Waals surface area contributed by atoms with Crippen LogP contribution in [-0.4, -0.2) is 24.2 Å². The molecule has 0 radical (unpaired) electrons. The summed E-state index contributed by atoms with van der Waals surface area (Å²) in [5, 5.41) is 16.2. The first kappa shape index (κ1) is 11.8. The van der Waals surface area contributed by atoms with E-state index in [1.165, 1.54) is 0 Å². The van der Waals surface area contributed by atoms with Crippen LogP contribution in [0.5, 0.6) is 5.75 Å². The molecule has 92 valence electrons. The van der Waals surface area contributed by atoms with E-state index in [1.54, 1.807) is 0 Å². The van der Waals surface area contributed by atoms with Gasteiger partial charge in [0.15, 0.2) is 5.96 Å². The highest BCUT2D eigenvalue weighted by Gasteiger charge is 2.12. The number of aliphatic imine (C=N–C) groups is 1. The Morgan fingerprint density at radius 2 is 1.94 bits per heavy atom. The fourth-order valence-electron chi connectivity index (χ4n) is 2.07. The van der Waals surface area contributed by atoms with Crippen molar-refractivity contribution in [2.75, 3.05) is 18.4 Å². The zero-order chi connectivity index (χ0) is 12.3. The molecule has 1 aliphatic rings. The molecule has 17 heavy (non-hydrogen) atoms. The minimum Gasteiger partial charge on any atom is -0.508 e. The number of hydrogen-bond donors (Lipinski definition) is 3. The molecule has 0 unspecified atom stereocenters. The Kier molecular flexibility index (Phi) is 3.52. The summed E-state index contributed by atoms with van der Waals surface area (Å²) in [5.41, 5.74) is 3.33. The molecule has 0 bridgehead atoms. The molecule has 3 N–H and O–H groups in total. The highest BCUT2D eigenvalue weighted by molar-refractivity contribution is 5.96. The molecule has 0 saturated heterocycles. The number of rotatable bonds is 3. The predicted molar refractivity (Wildman–Crippen MR) is 70.8 cm³/mol. The summed E-state index contributed by atoms with van der Waals surface area (Å²) in [6, 6.07) is 3.63. The van der Waals surface area contributed by atoms with Gasteiger partial charge in [-0.3, -0.25) is 4.99 Å². The number of guanidine groups is 1. The third-order valence-corrected chi connectivity index (χ3v) is 2.97. The molecule has 0 atom stereocenters. The van der Waals surface area contributed by atoms with Gasteiger partial charge < -0.3 is 15.7 Å². The second-order valence-corrected chi connectivity index (χ2v) is 4.13. The van der Waals surface area contributed by atoms with E-state index in [0.717, 1.165) is 48.7 Å². The number of hydrogen-bond acceptors (Lipinski definition) is 4. The van der Waals surface area contributed by atoms with Crippen molar-refractivity contribution in [1.82, 2.24) is 5.32 Å². The van der Waals surface area contributed by atoms with Crippen LogP contribution in [0.1, 0.15) is 25.0 Å². The molecule has 0 aliphatic carbocycles. The molecule has 0 spiro atoms. The van der Waals surface area contributed by atoms with E-state index in [9.17, 15) is 5.11 Å². The second-order valence-electron chi connectivity index (χ2n) is 4.13. The van der Waals surface area contributed by atoms with Crippen molar-refractivity contribution in [3.05, 3.63) is 23.3 Å². The van der Waals surface area contributed by atoms with Gasteiger partial charge in [-0.25, -0.2) is 0 Å². The lowest BCUT2D eigenvalue weighted by molar-refractivity contribution is 0.474. The van der Waals surface area contributed by atoms with Crippen molar-refractivity contribution in [2.45, 2.75) is 26.7 Å². The highest BCUT2D eigenvalue weighted by atomic mass is 16.3. The van der Waals surface area contributed by atoms with Crippen molar-refractivity contribution in [2.24, 2.45) is 4.99 Å². The first-order valence-corrected chi connectivity index (χ1v) is 6.14. The van der Waals surface area contributed by atoms with E-state index >= 15 is 0 Å². The monoisotopic (exact) mass is 233 g/mol. The SMILES string of the molecule is CCc1cc(O)cc(CC)c1NC1=NCCN1. The van der Waals surface area contributed by atoms with Crippen molar-refractivity contribution in [3.63, 3.8) is 0 Å². The minimum atomic E-state index is 0.338. The van der Waals surface area contributed by atoms with Gasteiger partial charge in [0.05, 0.1) is 6.54 Å². The number of anilines is 1. The molecule has 1 aromatic rings. The molecule has 1 heterocycles. The Bertz CT molecular complexity index is 415. The molecule has 1 aromatic carbocycles. The highest BCUT2D eigenvalue weighted by Crippen LogP contribution is 2.27. The standard InChI is InChI=1S/C13H19N3O/c1-3-9-7-11(17)8-10(4-2)12(9)16-13-14-5-6-15-13/h7-8,17H,3-6H2,1-2H3,(H2,14,15,16). The Morgan fingerprint density at radius 1 is 1.29 bits per heavy atom. The summed E-state index contributed by atoms with van der Waals surface area (Å²) in [6.07, 6.45) is 1.77. The van der Waals surface area contributed by atoms with Gasteiger partial charge in [0.1, 0.15) is 5.75 Å². The van der Waals surface area contributed by atoms with E-state index in [0.29, 0.717) is 5.75 Å². The molecule has 2 rings (SSSR count). The Morgan fingerprint density at radius 3 is 2.41 bits per heavy atom. The molecular weight excluding hydrogens is 214 g/mol. The molecule has 0 aromatic heterocycles. The quantitative estimate of drug-likeness (QED) is 0.699. The van der Waals surface area contributed by atoms with Crippen LogP contribution in [0.25, 0.3) is 0 Å². The van der Waals surface area contributed by atoms with Gasteiger partial charge in [0.25, 0.3) is 0 Å². The summed E-state index contributed by atoms with van der Waals surface area (Å²) in [4.78, 5) is 4.34.